The van der Waals surface area contributed by atoms with Gasteiger partial charge in [-0.15, -0.1) is 11.3 Å². The van der Waals surface area contributed by atoms with E-state index in [-0.39, 0.29) is 6.61 Å². The van der Waals surface area contributed by atoms with Crippen molar-refractivity contribution in [2.45, 2.75) is 13.2 Å². The van der Waals surface area contributed by atoms with E-state index in [9.17, 15) is 5.26 Å². The normalized spacial score (nSPS) is 10.3. The van der Waals surface area contributed by atoms with Crippen LogP contribution in [0.2, 0.25) is 0 Å². The van der Waals surface area contributed by atoms with Crippen molar-refractivity contribution in [2.75, 3.05) is 0 Å². The lowest BCUT2D eigenvalue weighted by Crippen LogP contribution is -2.21. The molecule has 2 heterocycles. The number of hydrogen-bond donors (Lipinski definition) is 2. The van der Waals surface area contributed by atoms with Gasteiger partial charge in [0.05, 0.1) is 12.2 Å². The molecule has 0 amide bonds. The monoisotopic (exact) mass is 337 g/mol. The number of hydrogen-bond acceptors (Lipinski definition) is 7. The van der Waals surface area contributed by atoms with Crippen molar-refractivity contribution in [1.29, 1.82) is 5.26 Å². The number of nitrogens with one attached hydrogen (secondary N) is 1. The number of nitrogens with zero attached hydrogens (tertiary/aromatic N) is 3. The predicted octanol–water partition coefficient (Wildman–Crippen LogP) is 2.62. The van der Waals surface area contributed by atoms with Crippen molar-refractivity contribution >= 4 is 11.3 Å². The zero-order valence-electron chi connectivity index (χ0n) is 12.8. The lowest BCUT2D eigenvalue weighted by atomic mass is 10.0. The van der Waals surface area contributed by atoms with Gasteiger partial charge in [0, 0.05) is 17.1 Å². The minimum Gasteiger partial charge on any atom is -0.469 e. The first-order valence-corrected chi connectivity index (χ1v) is 8.14. The van der Waals surface area contributed by atoms with Gasteiger partial charge in [0.1, 0.15) is 23.2 Å². The molecule has 0 radical (unpaired) electrons. The second-order valence-electron chi connectivity index (χ2n) is 4.92. The molecule has 0 saturated carbocycles. The summed E-state index contributed by atoms with van der Waals surface area (Å²) in [5, 5.41) is 12.2. The van der Waals surface area contributed by atoms with Crippen LogP contribution in [0.3, 0.4) is 0 Å². The second-order valence-corrected chi connectivity index (χ2v) is 5.86. The molecular formula is C17H15N5OS. The Morgan fingerprint density at radius 2 is 2.08 bits per heavy atom. The number of benzene rings is 1. The molecule has 3 N–H and O–H groups in total. The highest BCUT2D eigenvalue weighted by atomic mass is 32.1. The third kappa shape index (κ3) is 3.58. The van der Waals surface area contributed by atoms with Crippen LogP contribution in [0, 0.1) is 11.3 Å². The first-order valence-electron chi connectivity index (χ1n) is 7.26. The van der Waals surface area contributed by atoms with Crippen molar-refractivity contribution in [1.82, 2.24) is 15.4 Å². The molecule has 6 nitrogen and oxygen atoms in total. The van der Waals surface area contributed by atoms with Gasteiger partial charge in [-0.1, -0.05) is 30.3 Å². The Labute approximate surface area is 143 Å². The number of hydrazine groups is 1. The van der Waals surface area contributed by atoms with E-state index in [4.69, 9.17) is 10.6 Å². The molecule has 0 fully saturated rings. The molecule has 0 aliphatic heterocycles. The summed E-state index contributed by atoms with van der Waals surface area (Å²) in [5.41, 5.74) is 5.59. The van der Waals surface area contributed by atoms with Crippen LogP contribution in [-0.4, -0.2) is 9.97 Å². The van der Waals surface area contributed by atoms with Gasteiger partial charge < -0.3 is 4.74 Å². The summed E-state index contributed by atoms with van der Waals surface area (Å²) in [6.07, 6.45) is 1.64. The number of thiazole rings is 1. The van der Waals surface area contributed by atoms with Crippen molar-refractivity contribution < 1.29 is 4.74 Å². The van der Waals surface area contributed by atoms with E-state index in [0.29, 0.717) is 18.0 Å². The Morgan fingerprint density at radius 3 is 2.83 bits per heavy atom. The van der Waals surface area contributed by atoms with Crippen LogP contribution in [-0.2, 0) is 13.2 Å². The van der Waals surface area contributed by atoms with Crippen LogP contribution in [0.25, 0.3) is 11.1 Å². The number of nitriles is 1. The van der Waals surface area contributed by atoms with Crippen LogP contribution >= 0.6 is 11.3 Å². The van der Waals surface area contributed by atoms with Gasteiger partial charge in [-0.05, 0) is 11.6 Å². The van der Waals surface area contributed by atoms with Gasteiger partial charge >= 0.3 is 0 Å². The number of rotatable bonds is 6. The van der Waals surface area contributed by atoms with Crippen molar-refractivity contribution in [3.63, 3.8) is 0 Å². The first kappa shape index (κ1) is 16.1. The van der Waals surface area contributed by atoms with E-state index in [1.165, 1.54) is 11.3 Å². The molecule has 0 bridgehead atoms. The minimum absolute atomic E-state index is 0.259. The molecule has 0 spiro atoms. The van der Waals surface area contributed by atoms with E-state index < -0.39 is 0 Å². The third-order valence-electron chi connectivity index (χ3n) is 3.33. The van der Waals surface area contributed by atoms with E-state index in [0.717, 1.165) is 21.8 Å². The predicted molar refractivity (Wildman–Crippen MR) is 91.9 cm³/mol. The van der Waals surface area contributed by atoms with E-state index in [2.05, 4.69) is 21.5 Å². The molecule has 3 aromatic rings. The largest absolute Gasteiger partial charge is 0.469 e. The number of aromatic nitrogens is 2. The molecule has 0 aliphatic rings. The summed E-state index contributed by atoms with van der Waals surface area (Å²) >= 11 is 1.48. The van der Waals surface area contributed by atoms with Gasteiger partial charge in [-0.2, -0.15) is 5.26 Å². The molecule has 3 rings (SSSR count). The van der Waals surface area contributed by atoms with Crippen molar-refractivity contribution in [2.24, 2.45) is 5.84 Å². The summed E-state index contributed by atoms with van der Waals surface area (Å²) in [4.78, 5) is 8.59. The van der Waals surface area contributed by atoms with Crippen LogP contribution < -0.4 is 16.0 Å². The molecule has 0 aliphatic carbocycles. The average molecular weight is 337 g/mol. The Hall–Kier alpha value is -2.79. The van der Waals surface area contributed by atoms with Crippen LogP contribution in [0.15, 0.2) is 48.0 Å². The first-order chi connectivity index (χ1) is 11.8. The van der Waals surface area contributed by atoms with E-state index >= 15 is 0 Å². The third-order valence-corrected chi connectivity index (χ3v) is 4.20. The maximum atomic E-state index is 9.53. The molecule has 120 valence electrons. The summed E-state index contributed by atoms with van der Waals surface area (Å²) in [6.45, 7) is 0.761. The standard InChI is InChI=1S/C17H15N5OS/c18-8-15-14(12-4-2-1-3-5-12)6-7-20-17(15)23-10-16-22-13(9-21-19)11-24-16/h1-7,11,21H,9-10,19H2. The van der Waals surface area contributed by atoms with E-state index in [1.54, 1.807) is 6.20 Å². The minimum atomic E-state index is 0.259. The summed E-state index contributed by atoms with van der Waals surface area (Å²) in [6, 6.07) is 13.7. The lowest BCUT2D eigenvalue weighted by molar-refractivity contribution is 0.292. The van der Waals surface area contributed by atoms with Crippen molar-refractivity contribution in [3.05, 3.63) is 64.2 Å². The fourth-order valence-corrected chi connectivity index (χ4v) is 2.95. The topological polar surface area (TPSA) is 96.8 Å². The molecule has 24 heavy (non-hydrogen) atoms. The average Bonchev–Trinajstić information content (AvgIpc) is 3.08. The molecule has 0 atom stereocenters. The molecule has 2 aromatic heterocycles. The lowest BCUT2D eigenvalue weighted by Gasteiger charge is -2.09. The van der Waals surface area contributed by atoms with Gasteiger partial charge in [0.25, 0.3) is 0 Å². The van der Waals surface area contributed by atoms with Crippen LogP contribution in [0.5, 0.6) is 5.88 Å². The fourth-order valence-electron chi connectivity index (χ4n) is 2.25. The summed E-state index contributed by atoms with van der Waals surface area (Å²) in [5.74, 6) is 5.59. The Balaban J connectivity index is 1.82. The summed E-state index contributed by atoms with van der Waals surface area (Å²) in [7, 11) is 0. The van der Waals surface area contributed by atoms with Crippen molar-refractivity contribution in [3.8, 4) is 23.1 Å². The highest BCUT2D eigenvalue weighted by Crippen LogP contribution is 2.28. The second kappa shape index (κ2) is 7.66. The smallest absolute Gasteiger partial charge is 0.232 e. The molecule has 7 heteroatoms. The molecule has 0 unspecified atom stereocenters. The summed E-state index contributed by atoms with van der Waals surface area (Å²) < 4.78 is 5.73. The highest BCUT2D eigenvalue weighted by molar-refractivity contribution is 7.09. The van der Waals surface area contributed by atoms with E-state index in [1.807, 2.05) is 41.8 Å². The maximum absolute atomic E-state index is 9.53. The Morgan fingerprint density at radius 1 is 1.25 bits per heavy atom. The van der Waals surface area contributed by atoms with Gasteiger partial charge in [0.15, 0.2) is 0 Å². The number of pyridine rings is 1. The van der Waals surface area contributed by atoms with Gasteiger partial charge in [-0.3, -0.25) is 11.3 Å². The molecule has 1 aromatic carbocycles. The Bertz CT molecular complexity index is 857. The Kier molecular flexibility index (Phi) is 5.13. The molecular weight excluding hydrogens is 322 g/mol. The maximum Gasteiger partial charge on any atom is 0.232 e. The van der Waals surface area contributed by atoms with Crippen LogP contribution in [0.1, 0.15) is 16.3 Å². The number of nitrogens with two attached hydrogens (primary N) is 1. The van der Waals surface area contributed by atoms with Gasteiger partial charge in [0.2, 0.25) is 5.88 Å². The van der Waals surface area contributed by atoms with Gasteiger partial charge in [-0.25, -0.2) is 9.97 Å². The zero-order valence-corrected chi connectivity index (χ0v) is 13.6. The fraction of sp³-hybridized carbons (Fsp3) is 0.118. The van der Waals surface area contributed by atoms with Crippen LogP contribution in [0.4, 0.5) is 0 Å². The number of ether oxygens (including phenoxy) is 1. The quantitative estimate of drug-likeness (QED) is 0.530. The highest BCUT2D eigenvalue weighted by Gasteiger charge is 2.13. The molecule has 0 saturated heterocycles. The zero-order chi connectivity index (χ0) is 16.8. The SMILES string of the molecule is N#Cc1c(-c2ccccc2)ccnc1OCc1nc(CNN)cs1.